The van der Waals surface area contributed by atoms with Crippen molar-refractivity contribution in [2.24, 2.45) is 5.41 Å². The summed E-state index contributed by atoms with van der Waals surface area (Å²) in [6.07, 6.45) is -3.59. The third-order valence-electron chi connectivity index (χ3n) is 2.65. The molecular weight excluding hydrogens is 241 g/mol. The Balaban J connectivity index is 2.37. The number of hydrogen-bond acceptors (Lipinski definition) is 2. The fraction of sp³-hybridized carbons (Fsp3) is 0.778. The molecule has 1 aliphatic carbocycles. The average molecular weight is 254 g/mol. The summed E-state index contributed by atoms with van der Waals surface area (Å²) >= 11 is 0. The molecule has 0 aliphatic heterocycles. The van der Waals surface area contributed by atoms with Crippen LogP contribution in [0.5, 0.6) is 0 Å². The first-order valence-electron chi connectivity index (χ1n) is 4.95. The minimum Gasteiger partial charge on any atom is -0.481 e. The van der Waals surface area contributed by atoms with Crippen LogP contribution in [0.25, 0.3) is 0 Å². The van der Waals surface area contributed by atoms with Crippen LogP contribution in [0.1, 0.15) is 12.8 Å². The highest BCUT2D eigenvalue weighted by atomic mass is 19.4. The zero-order chi connectivity index (χ0) is 13.3. The zero-order valence-corrected chi connectivity index (χ0v) is 9.17. The normalized spacial score (nSPS) is 17.4. The summed E-state index contributed by atoms with van der Waals surface area (Å²) in [6, 6.07) is -0.921. The van der Waals surface area contributed by atoms with Crippen molar-refractivity contribution in [3.63, 3.8) is 0 Å². The number of carbonyl (C=O) groups excluding carboxylic acids is 1. The van der Waals surface area contributed by atoms with E-state index in [9.17, 15) is 22.8 Å². The Hall–Kier alpha value is -1.47. The summed E-state index contributed by atoms with van der Waals surface area (Å²) in [7, 11) is 1.00. The summed E-state index contributed by atoms with van der Waals surface area (Å²) in [4.78, 5) is 22.5. The van der Waals surface area contributed by atoms with E-state index in [4.69, 9.17) is 5.11 Å². The number of carboxylic acid groups (broad SMARTS) is 1. The molecule has 0 saturated heterocycles. The molecule has 2 N–H and O–H groups in total. The quantitative estimate of drug-likeness (QED) is 0.788. The molecule has 0 atom stereocenters. The molecule has 98 valence electrons. The molecule has 1 fully saturated rings. The molecule has 0 aromatic rings. The van der Waals surface area contributed by atoms with Crippen molar-refractivity contribution in [1.29, 1.82) is 0 Å². The second-order valence-corrected chi connectivity index (χ2v) is 4.22. The van der Waals surface area contributed by atoms with Crippen molar-refractivity contribution in [2.45, 2.75) is 19.0 Å². The van der Waals surface area contributed by atoms with E-state index >= 15 is 0 Å². The van der Waals surface area contributed by atoms with E-state index in [0.29, 0.717) is 17.7 Å². The lowest BCUT2D eigenvalue weighted by Gasteiger charge is -2.20. The highest BCUT2D eigenvalue weighted by Crippen LogP contribution is 2.45. The van der Waals surface area contributed by atoms with Gasteiger partial charge in [0, 0.05) is 13.6 Å². The first kappa shape index (κ1) is 13.6. The largest absolute Gasteiger partial charge is 0.481 e. The molecule has 1 rings (SSSR count). The first-order valence-corrected chi connectivity index (χ1v) is 4.95. The number of nitrogens with one attached hydrogen (secondary N) is 1. The Bertz CT molecular complexity index is 326. The van der Waals surface area contributed by atoms with Crippen LogP contribution >= 0.6 is 0 Å². The average Bonchev–Trinajstić information content (AvgIpc) is 2.92. The Morgan fingerprint density at radius 2 is 1.94 bits per heavy atom. The predicted octanol–water partition coefficient (Wildman–Crippen LogP) is 1.05. The van der Waals surface area contributed by atoms with E-state index in [2.05, 4.69) is 5.32 Å². The third kappa shape index (κ3) is 3.79. The standard InChI is InChI=1S/C9H13F3N2O3/c1-14(5-9(10,11)12)7(17)13-4-8(2-3-8)6(15)16/h2-5H2,1H3,(H,13,17)(H,15,16). The SMILES string of the molecule is CN(CC(F)(F)F)C(=O)NCC1(C(=O)O)CC1. The number of aliphatic carboxylic acids is 1. The second kappa shape index (κ2) is 4.42. The molecule has 1 aliphatic rings. The molecule has 0 unspecified atom stereocenters. The van der Waals surface area contributed by atoms with Crippen molar-refractivity contribution in [3.8, 4) is 0 Å². The van der Waals surface area contributed by atoms with Crippen LogP contribution in [0.4, 0.5) is 18.0 Å². The van der Waals surface area contributed by atoms with E-state index in [1.165, 1.54) is 0 Å². The number of alkyl halides is 3. The van der Waals surface area contributed by atoms with Crippen molar-refractivity contribution in [2.75, 3.05) is 20.1 Å². The molecule has 1 saturated carbocycles. The zero-order valence-electron chi connectivity index (χ0n) is 9.17. The molecule has 0 spiro atoms. The molecule has 2 amide bonds. The summed E-state index contributed by atoms with van der Waals surface area (Å²) in [5.74, 6) is -1.03. The fourth-order valence-corrected chi connectivity index (χ4v) is 1.34. The number of urea groups is 1. The van der Waals surface area contributed by atoms with Gasteiger partial charge in [-0.05, 0) is 12.8 Å². The minimum absolute atomic E-state index is 0.136. The number of amides is 2. The van der Waals surface area contributed by atoms with Gasteiger partial charge in [0.1, 0.15) is 6.54 Å². The van der Waals surface area contributed by atoms with Crippen LogP contribution in [0.2, 0.25) is 0 Å². The van der Waals surface area contributed by atoms with Gasteiger partial charge in [0.05, 0.1) is 5.41 Å². The Labute approximate surface area is 95.6 Å². The first-order chi connectivity index (χ1) is 7.66. The van der Waals surface area contributed by atoms with Crippen molar-refractivity contribution in [1.82, 2.24) is 10.2 Å². The van der Waals surface area contributed by atoms with Gasteiger partial charge in [0.2, 0.25) is 0 Å². The highest BCUT2D eigenvalue weighted by molar-refractivity contribution is 5.80. The van der Waals surface area contributed by atoms with Crippen LogP contribution in [-0.2, 0) is 4.79 Å². The molecule has 0 aromatic heterocycles. The van der Waals surface area contributed by atoms with Gasteiger partial charge < -0.3 is 15.3 Å². The molecule has 5 nitrogen and oxygen atoms in total. The lowest BCUT2D eigenvalue weighted by molar-refractivity contribution is -0.143. The van der Waals surface area contributed by atoms with Crippen molar-refractivity contribution in [3.05, 3.63) is 0 Å². The topological polar surface area (TPSA) is 69.6 Å². The maximum Gasteiger partial charge on any atom is 0.406 e. The Morgan fingerprint density at radius 3 is 2.29 bits per heavy atom. The van der Waals surface area contributed by atoms with Crippen LogP contribution in [0, 0.1) is 5.41 Å². The van der Waals surface area contributed by atoms with Crippen LogP contribution in [0.3, 0.4) is 0 Å². The molecule has 0 radical (unpaired) electrons. The fourth-order valence-electron chi connectivity index (χ4n) is 1.34. The summed E-state index contributed by atoms with van der Waals surface area (Å²) in [5, 5.41) is 11.0. The lowest BCUT2D eigenvalue weighted by atomic mass is 10.1. The van der Waals surface area contributed by atoms with Gasteiger partial charge in [0.25, 0.3) is 0 Å². The lowest BCUT2D eigenvalue weighted by Crippen LogP contribution is -2.45. The number of carbonyl (C=O) groups is 2. The van der Waals surface area contributed by atoms with E-state index < -0.39 is 30.1 Å². The number of carboxylic acids is 1. The Kier molecular flexibility index (Phi) is 3.53. The van der Waals surface area contributed by atoms with Gasteiger partial charge in [-0.25, -0.2) is 4.79 Å². The molecule has 0 aromatic carbocycles. The predicted molar refractivity (Wildman–Crippen MR) is 51.4 cm³/mol. The van der Waals surface area contributed by atoms with Gasteiger partial charge >= 0.3 is 18.2 Å². The number of nitrogens with zero attached hydrogens (tertiary/aromatic N) is 1. The van der Waals surface area contributed by atoms with Crippen LogP contribution in [-0.4, -0.2) is 48.3 Å². The van der Waals surface area contributed by atoms with E-state index in [1.807, 2.05) is 0 Å². The molecule has 0 bridgehead atoms. The van der Waals surface area contributed by atoms with Crippen molar-refractivity contribution < 1.29 is 27.9 Å². The van der Waals surface area contributed by atoms with E-state index in [0.717, 1.165) is 7.05 Å². The van der Waals surface area contributed by atoms with Crippen LogP contribution in [0.15, 0.2) is 0 Å². The minimum atomic E-state index is -4.46. The summed E-state index contributed by atoms with van der Waals surface area (Å²) in [5.41, 5.74) is -0.977. The Morgan fingerprint density at radius 1 is 1.41 bits per heavy atom. The number of hydrogen-bond donors (Lipinski definition) is 2. The highest BCUT2D eigenvalue weighted by Gasteiger charge is 2.50. The van der Waals surface area contributed by atoms with Crippen molar-refractivity contribution >= 4 is 12.0 Å². The monoisotopic (exact) mass is 254 g/mol. The number of rotatable bonds is 4. The summed E-state index contributed by atoms with van der Waals surface area (Å²) in [6.45, 7) is -1.50. The second-order valence-electron chi connectivity index (χ2n) is 4.22. The maximum absolute atomic E-state index is 12.0. The maximum atomic E-state index is 12.0. The van der Waals surface area contributed by atoms with E-state index in [1.54, 1.807) is 0 Å². The third-order valence-corrected chi connectivity index (χ3v) is 2.65. The van der Waals surface area contributed by atoms with E-state index in [-0.39, 0.29) is 6.54 Å². The molecule has 17 heavy (non-hydrogen) atoms. The molecule has 0 heterocycles. The van der Waals surface area contributed by atoms with Gasteiger partial charge in [0.15, 0.2) is 0 Å². The van der Waals surface area contributed by atoms with Gasteiger partial charge in [-0.15, -0.1) is 0 Å². The van der Waals surface area contributed by atoms with Gasteiger partial charge in [-0.1, -0.05) is 0 Å². The summed E-state index contributed by atoms with van der Waals surface area (Å²) < 4.78 is 35.9. The van der Waals surface area contributed by atoms with Gasteiger partial charge in [-0.3, -0.25) is 4.79 Å². The smallest absolute Gasteiger partial charge is 0.406 e. The molecule has 8 heteroatoms. The molecular formula is C9H13F3N2O3. The van der Waals surface area contributed by atoms with Crippen LogP contribution < -0.4 is 5.32 Å². The van der Waals surface area contributed by atoms with Gasteiger partial charge in [-0.2, -0.15) is 13.2 Å². The number of halogens is 3.